The Morgan fingerprint density at radius 1 is 1.13 bits per heavy atom. The summed E-state index contributed by atoms with van der Waals surface area (Å²) < 4.78 is 59.7. The summed E-state index contributed by atoms with van der Waals surface area (Å²) in [5.41, 5.74) is -5.06. The van der Waals surface area contributed by atoms with Crippen molar-refractivity contribution in [2.24, 2.45) is 11.8 Å². The molecular formula is C41H67F2N7O9S2. The standard InChI is InChI=1S/C40H64FN7O9S.CH3FS/c1-12-29-40(8)31(48(37(52)57-40)17-14-13-16-47-22-27(44-45-47)34-42-15-18-58-34)26(5)43-21-23(2)20-38(6,53-11)33(25(4)32(50)39(7,41)36(51)55-29)56-35-30(49)28(46(9)10)19-24(3)54-35;1-3-2/h15,18,22-26,28-31,33,35,43,49H,12-14,16-17,19-21H2,1-11H3;1H3/t23-,24-,25-,26-,28?,29-,30?,31-,33-,35+,38-,39?,40-;/m1./s1. The zero-order chi connectivity index (χ0) is 45.4. The topological polar surface area (TPSA) is 180 Å². The monoisotopic (exact) mass is 903 g/mol. The van der Waals surface area contributed by atoms with E-state index in [1.165, 1.54) is 31.6 Å². The molecule has 3 unspecified atom stereocenters. The number of aryl methyl sites for hydroxylation is 1. The first kappa shape index (κ1) is 50.8. The fraction of sp³-hybridized carbons (Fsp3) is 0.805. The molecule has 2 aromatic rings. The molecule has 2 N–H and O–H groups in total. The van der Waals surface area contributed by atoms with Crippen LogP contribution in [0.25, 0.3) is 10.7 Å². The minimum Gasteiger partial charge on any atom is -0.455 e. The maximum atomic E-state index is 16.9. The van der Waals surface area contributed by atoms with Gasteiger partial charge in [0.25, 0.3) is 5.67 Å². The number of likely N-dealkylation sites (N-methyl/N-ethyl adjacent to an activating group) is 1. The van der Waals surface area contributed by atoms with Crippen LogP contribution in [0.5, 0.6) is 0 Å². The SMILES string of the molecule is CC[C@H]1OC(=O)C(C)(F)C(=O)[C@@H](C)[C@@H](O[C@@H]2O[C@H](C)CC(N(C)C)C2O)[C@](C)(OC)C[C@@H](C)CN[C@H](C)[C@H]2N(CCCCn3cc(-c4nccs4)nn3)C(=O)O[C@]12C.CSF. The predicted octanol–water partition coefficient (Wildman–Crippen LogP) is 5.48. The molecule has 0 aliphatic carbocycles. The van der Waals surface area contributed by atoms with Gasteiger partial charge in [0, 0.05) is 68.2 Å². The lowest BCUT2D eigenvalue weighted by atomic mass is 9.78. The van der Waals surface area contributed by atoms with Gasteiger partial charge in [-0.25, -0.2) is 19.0 Å². The van der Waals surface area contributed by atoms with Gasteiger partial charge in [0.2, 0.25) is 0 Å². The summed E-state index contributed by atoms with van der Waals surface area (Å²) in [7, 11) is 5.21. The van der Waals surface area contributed by atoms with Gasteiger partial charge < -0.3 is 39.0 Å². The largest absolute Gasteiger partial charge is 0.455 e. The molecule has 3 aliphatic rings. The number of fused-ring (bicyclic) bond motifs is 1. The molecule has 1 amide bonds. The number of halogens is 2. The van der Waals surface area contributed by atoms with Gasteiger partial charge in [-0.2, -0.15) is 3.89 Å². The van der Waals surface area contributed by atoms with E-state index in [9.17, 15) is 23.4 Å². The van der Waals surface area contributed by atoms with Gasteiger partial charge in [-0.1, -0.05) is 26.0 Å². The number of hydrogen-bond donors (Lipinski definition) is 2. The molecule has 16 nitrogen and oxygen atoms in total. The molecule has 0 bridgehead atoms. The fourth-order valence-corrected chi connectivity index (χ4v) is 9.66. The van der Waals surface area contributed by atoms with Gasteiger partial charge in [-0.3, -0.25) is 14.4 Å². The molecular weight excluding hydrogens is 837 g/mol. The van der Waals surface area contributed by atoms with E-state index in [0.29, 0.717) is 51.0 Å². The number of ether oxygens (including phenoxy) is 5. The Hall–Kier alpha value is -2.85. The molecule has 0 spiro atoms. The van der Waals surface area contributed by atoms with Crippen molar-refractivity contribution < 1.29 is 51.5 Å². The highest BCUT2D eigenvalue weighted by molar-refractivity contribution is 7.93. The van der Waals surface area contributed by atoms with Crippen molar-refractivity contribution in [3.05, 3.63) is 17.8 Å². The van der Waals surface area contributed by atoms with E-state index in [1.807, 2.05) is 51.3 Å². The molecule has 0 radical (unpaired) electrons. The van der Waals surface area contributed by atoms with Crippen LogP contribution in [0.15, 0.2) is 17.8 Å². The van der Waals surface area contributed by atoms with E-state index in [2.05, 4.69) is 20.6 Å². The number of ketones is 1. The van der Waals surface area contributed by atoms with Crippen LogP contribution in [0, 0.1) is 11.8 Å². The summed E-state index contributed by atoms with van der Waals surface area (Å²) in [6.07, 6.45) is 1.89. The van der Waals surface area contributed by atoms with Crippen LogP contribution in [0.1, 0.15) is 87.5 Å². The zero-order valence-corrected chi connectivity index (χ0v) is 39.3. The van der Waals surface area contributed by atoms with Crippen LogP contribution < -0.4 is 5.32 Å². The second kappa shape index (κ2) is 21.7. The van der Waals surface area contributed by atoms with Crippen molar-refractivity contribution in [3.63, 3.8) is 0 Å². The Labute approximate surface area is 367 Å². The van der Waals surface area contributed by atoms with Crippen molar-refractivity contribution in [2.75, 3.05) is 40.6 Å². The number of hydrogen-bond acceptors (Lipinski definition) is 16. The van der Waals surface area contributed by atoms with Crippen molar-refractivity contribution in [3.8, 4) is 10.7 Å². The number of methoxy groups -OCH3 is 1. The Kier molecular flexibility index (Phi) is 18.1. The van der Waals surface area contributed by atoms with Gasteiger partial charge in [-0.05, 0) is 93.3 Å². The maximum Gasteiger partial charge on any atom is 0.410 e. The summed E-state index contributed by atoms with van der Waals surface area (Å²) in [6.45, 7) is 14.8. The van der Waals surface area contributed by atoms with E-state index < -0.39 is 71.3 Å². The lowest BCUT2D eigenvalue weighted by Gasteiger charge is -2.47. The molecule has 20 heteroatoms. The number of cyclic esters (lactones) is 1. The number of esters is 1. The van der Waals surface area contributed by atoms with Crippen molar-refractivity contribution in [1.29, 1.82) is 0 Å². The number of carbonyl (C=O) groups is 3. The molecule has 5 rings (SSSR count). The number of aliphatic hydroxyl groups excluding tert-OH is 1. The third-order valence-corrected chi connectivity index (χ3v) is 13.1. The quantitative estimate of drug-likeness (QED) is 0.164. The number of aliphatic hydroxyl groups is 1. The van der Waals surface area contributed by atoms with Crippen LogP contribution in [0.2, 0.25) is 0 Å². The van der Waals surface area contributed by atoms with Crippen LogP contribution in [-0.2, 0) is 39.8 Å². The molecule has 0 aromatic carbocycles. The van der Waals surface area contributed by atoms with E-state index in [-0.39, 0.29) is 42.7 Å². The van der Waals surface area contributed by atoms with E-state index in [1.54, 1.807) is 36.5 Å². The lowest BCUT2D eigenvalue weighted by Crippen LogP contribution is -2.61. The van der Waals surface area contributed by atoms with E-state index >= 15 is 4.39 Å². The number of rotatable bonds is 11. The molecule has 2 aromatic heterocycles. The van der Waals surface area contributed by atoms with Gasteiger partial charge in [0.1, 0.15) is 22.9 Å². The lowest BCUT2D eigenvalue weighted by molar-refractivity contribution is -0.295. The number of carbonyl (C=O) groups excluding carboxylic acids is 3. The predicted molar refractivity (Wildman–Crippen MR) is 228 cm³/mol. The summed E-state index contributed by atoms with van der Waals surface area (Å²) >= 11 is 1.73. The molecule has 346 valence electrons. The van der Waals surface area contributed by atoms with Gasteiger partial charge in [-0.15, -0.1) is 16.4 Å². The second-order valence-electron chi connectivity index (χ2n) is 17.4. The average Bonchev–Trinajstić information content (AvgIpc) is 3.97. The highest BCUT2D eigenvalue weighted by atomic mass is 32.2. The molecule has 5 heterocycles. The van der Waals surface area contributed by atoms with Crippen LogP contribution >= 0.6 is 23.5 Å². The summed E-state index contributed by atoms with van der Waals surface area (Å²) in [6, 6.07) is -1.33. The number of amides is 1. The van der Waals surface area contributed by atoms with Crippen molar-refractivity contribution in [2.45, 2.75) is 160 Å². The Morgan fingerprint density at radius 2 is 1.80 bits per heavy atom. The summed E-state index contributed by atoms with van der Waals surface area (Å²) in [5, 5.41) is 26.1. The highest BCUT2D eigenvalue weighted by Gasteiger charge is 2.60. The maximum absolute atomic E-state index is 16.9. The second-order valence-corrected chi connectivity index (χ2v) is 18.6. The number of alkyl halides is 1. The van der Waals surface area contributed by atoms with Crippen LogP contribution in [0.4, 0.5) is 13.1 Å². The third kappa shape index (κ3) is 11.6. The first-order valence-corrected chi connectivity index (χ1v) is 23.0. The van der Waals surface area contributed by atoms with Gasteiger partial charge in [0.05, 0.1) is 30.0 Å². The molecule has 0 saturated carbocycles. The number of Topliss-reactive ketones (excluding diaryl/α,β-unsaturated/α-hetero) is 1. The summed E-state index contributed by atoms with van der Waals surface area (Å²) in [4.78, 5) is 49.8. The first-order chi connectivity index (χ1) is 28.7. The number of nitrogens with one attached hydrogen (secondary N) is 1. The minimum atomic E-state index is -3.13. The molecule has 13 atom stereocenters. The van der Waals surface area contributed by atoms with E-state index in [0.717, 1.165) is 11.9 Å². The third-order valence-electron chi connectivity index (χ3n) is 12.3. The van der Waals surface area contributed by atoms with Gasteiger partial charge >= 0.3 is 12.1 Å². The number of aromatic nitrogens is 4. The molecule has 3 fully saturated rings. The Bertz CT molecular complexity index is 1730. The zero-order valence-electron chi connectivity index (χ0n) is 37.6. The minimum absolute atomic E-state index is 0.108. The van der Waals surface area contributed by atoms with Crippen LogP contribution in [0.3, 0.4) is 0 Å². The Morgan fingerprint density at radius 3 is 2.41 bits per heavy atom. The number of nitrogens with zero attached hydrogens (tertiary/aromatic N) is 6. The van der Waals surface area contributed by atoms with Crippen molar-refractivity contribution in [1.82, 2.24) is 35.1 Å². The van der Waals surface area contributed by atoms with Crippen molar-refractivity contribution >= 4 is 41.3 Å². The number of thiazole rings is 1. The Balaban J connectivity index is 0.00000265. The van der Waals surface area contributed by atoms with Gasteiger partial charge in [0.15, 0.2) is 17.7 Å². The normalized spacial score (nSPS) is 36.7. The molecule has 61 heavy (non-hydrogen) atoms. The highest BCUT2D eigenvalue weighted by Crippen LogP contribution is 2.41. The smallest absolute Gasteiger partial charge is 0.410 e. The summed E-state index contributed by atoms with van der Waals surface area (Å²) in [5.74, 6) is -3.84. The van der Waals surface area contributed by atoms with E-state index in [4.69, 9.17) is 23.7 Å². The molecule has 3 aliphatic heterocycles. The fourth-order valence-electron chi connectivity index (χ4n) is 9.07. The molecule has 3 saturated heterocycles. The number of unbranched alkanes of at least 4 members (excludes halogenated alkanes) is 1. The first-order valence-electron chi connectivity index (χ1n) is 21.0. The average molecular weight is 904 g/mol. The van der Waals surface area contributed by atoms with Crippen LogP contribution in [-0.4, -0.2) is 159 Å².